The van der Waals surface area contributed by atoms with Gasteiger partial charge in [0.25, 0.3) is 0 Å². The lowest BCUT2D eigenvalue weighted by Gasteiger charge is -2.04. The molecule has 0 radical (unpaired) electrons. The Bertz CT molecular complexity index is 1030. The molecule has 0 aliphatic rings. The highest BCUT2D eigenvalue weighted by Gasteiger charge is 2.10. The molecular formula is C20H18BrN5O2S. The van der Waals surface area contributed by atoms with Crippen molar-refractivity contribution in [2.24, 2.45) is 5.10 Å². The van der Waals surface area contributed by atoms with Gasteiger partial charge in [0.15, 0.2) is 5.78 Å². The van der Waals surface area contributed by atoms with E-state index in [1.165, 1.54) is 18.0 Å². The maximum Gasteiger partial charge on any atom is 0.240 e. The van der Waals surface area contributed by atoms with Gasteiger partial charge in [0, 0.05) is 15.6 Å². The van der Waals surface area contributed by atoms with Crippen molar-refractivity contribution in [1.29, 1.82) is 0 Å². The molecule has 9 heteroatoms. The van der Waals surface area contributed by atoms with Crippen LogP contribution in [0.1, 0.15) is 21.5 Å². The van der Waals surface area contributed by atoms with Crippen LogP contribution in [-0.4, -0.2) is 38.0 Å². The standard InChI is InChI=1S/C20H18BrN5O2S/c1-2-4-14-5-3-6-15(18(14)28)11-22-24-19-23-20(26-25-19)29-12-17(27)13-7-9-16(21)10-8-13/h2-3,5-11,28H,1,4,12H2,(H2,23,24,25,26)/b22-11-. The van der Waals surface area contributed by atoms with E-state index in [4.69, 9.17) is 0 Å². The van der Waals surface area contributed by atoms with Gasteiger partial charge in [0.2, 0.25) is 11.1 Å². The van der Waals surface area contributed by atoms with Crippen molar-refractivity contribution in [2.45, 2.75) is 11.6 Å². The Morgan fingerprint density at radius 1 is 1.31 bits per heavy atom. The topological polar surface area (TPSA) is 103 Å². The van der Waals surface area contributed by atoms with Gasteiger partial charge in [0.05, 0.1) is 12.0 Å². The van der Waals surface area contributed by atoms with Crippen LogP contribution in [0.4, 0.5) is 5.95 Å². The van der Waals surface area contributed by atoms with Crippen LogP contribution < -0.4 is 5.43 Å². The summed E-state index contributed by atoms with van der Waals surface area (Å²) in [4.78, 5) is 16.4. The number of nitrogens with one attached hydrogen (secondary N) is 2. The lowest BCUT2D eigenvalue weighted by Crippen LogP contribution is -2.02. The number of para-hydroxylation sites is 1. The Morgan fingerprint density at radius 3 is 2.86 bits per heavy atom. The van der Waals surface area contributed by atoms with Crippen LogP contribution in [0.2, 0.25) is 0 Å². The normalized spacial score (nSPS) is 10.9. The third-order valence-corrected chi connectivity index (χ3v) is 5.23. The van der Waals surface area contributed by atoms with Gasteiger partial charge in [0.1, 0.15) is 5.75 Å². The predicted molar refractivity (Wildman–Crippen MR) is 119 cm³/mol. The number of aromatic nitrogens is 3. The van der Waals surface area contributed by atoms with E-state index < -0.39 is 0 Å². The third kappa shape index (κ3) is 5.78. The number of H-pyrrole nitrogens is 1. The first-order valence-electron chi connectivity index (χ1n) is 8.61. The van der Waals surface area contributed by atoms with E-state index in [9.17, 15) is 9.90 Å². The predicted octanol–water partition coefficient (Wildman–Crippen LogP) is 4.42. The summed E-state index contributed by atoms with van der Waals surface area (Å²) >= 11 is 4.58. The zero-order valence-electron chi connectivity index (χ0n) is 15.3. The zero-order chi connectivity index (χ0) is 20.6. The van der Waals surface area contributed by atoms with Gasteiger partial charge in [-0.15, -0.1) is 11.7 Å². The summed E-state index contributed by atoms with van der Waals surface area (Å²) in [7, 11) is 0. The van der Waals surface area contributed by atoms with Crippen LogP contribution in [0.15, 0.2) is 69.9 Å². The minimum atomic E-state index is -0.00490. The molecule has 3 N–H and O–H groups in total. The number of phenols is 1. The van der Waals surface area contributed by atoms with Crippen LogP contribution in [0, 0.1) is 0 Å². The molecule has 148 valence electrons. The van der Waals surface area contributed by atoms with Crippen LogP contribution in [0.25, 0.3) is 0 Å². The molecule has 0 aliphatic heterocycles. The number of aromatic amines is 1. The molecule has 0 unspecified atom stereocenters. The van der Waals surface area contributed by atoms with E-state index in [1.54, 1.807) is 24.3 Å². The quantitative estimate of drug-likeness (QED) is 0.140. The monoisotopic (exact) mass is 471 g/mol. The van der Waals surface area contributed by atoms with Crippen molar-refractivity contribution >= 4 is 45.6 Å². The number of allylic oxidation sites excluding steroid dienone is 1. The highest BCUT2D eigenvalue weighted by molar-refractivity contribution is 9.10. The summed E-state index contributed by atoms with van der Waals surface area (Å²) in [6.45, 7) is 3.68. The molecule has 0 atom stereocenters. The second kappa shape index (κ2) is 10.0. The molecule has 0 spiro atoms. The van der Waals surface area contributed by atoms with E-state index >= 15 is 0 Å². The number of rotatable bonds is 9. The number of aromatic hydroxyl groups is 1. The summed E-state index contributed by atoms with van der Waals surface area (Å²) in [5, 5.41) is 21.5. The number of carbonyl (C=O) groups excluding carboxylic acids is 1. The molecule has 1 aromatic heterocycles. The number of nitrogens with zero attached hydrogens (tertiary/aromatic N) is 3. The summed E-state index contributed by atoms with van der Waals surface area (Å²) < 4.78 is 0.924. The number of hydrazone groups is 1. The van der Waals surface area contributed by atoms with Gasteiger partial charge in [-0.25, -0.2) is 10.5 Å². The first kappa shape index (κ1) is 20.8. The average Bonchev–Trinajstić information content (AvgIpc) is 3.17. The number of hydrogen-bond donors (Lipinski definition) is 3. The van der Waals surface area contributed by atoms with E-state index in [2.05, 4.69) is 48.2 Å². The number of benzene rings is 2. The van der Waals surface area contributed by atoms with Crippen molar-refractivity contribution in [3.63, 3.8) is 0 Å². The fourth-order valence-corrected chi connectivity index (χ4v) is 3.37. The molecule has 0 saturated carbocycles. The summed E-state index contributed by atoms with van der Waals surface area (Å²) in [6.07, 6.45) is 3.79. The van der Waals surface area contributed by atoms with Crippen molar-refractivity contribution < 1.29 is 9.90 Å². The Hall–Kier alpha value is -2.91. The van der Waals surface area contributed by atoms with Crippen LogP contribution in [0.5, 0.6) is 5.75 Å². The van der Waals surface area contributed by atoms with Gasteiger partial charge in [-0.05, 0) is 30.2 Å². The highest BCUT2D eigenvalue weighted by atomic mass is 79.9. The summed E-state index contributed by atoms with van der Waals surface area (Å²) in [5.41, 5.74) is 4.71. The van der Waals surface area contributed by atoms with E-state index in [0.29, 0.717) is 28.7 Å². The average molecular weight is 472 g/mol. The maximum atomic E-state index is 12.2. The number of carbonyl (C=O) groups is 1. The van der Waals surface area contributed by atoms with Gasteiger partial charge in [-0.1, -0.05) is 58.0 Å². The number of ketones is 1. The largest absolute Gasteiger partial charge is 0.507 e. The number of anilines is 1. The molecule has 1 heterocycles. The Morgan fingerprint density at radius 2 is 2.10 bits per heavy atom. The minimum Gasteiger partial charge on any atom is -0.507 e. The van der Waals surface area contributed by atoms with E-state index in [0.717, 1.165) is 10.0 Å². The molecule has 3 rings (SSSR count). The summed E-state index contributed by atoms with van der Waals surface area (Å²) in [6, 6.07) is 12.6. The molecule has 0 bridgehead atoms. The van der Waals surface area contributed by atoms with Crippen molar-refractivity contribution in [1.82, 2.24) is 15.2 Å². The van der Waals surface area contributed by atoms with Gasteiger partial charge < -0.3 is 5.11 Å². The minimum absolute atomic E-state index is 0.00490. The first-order valence-corrected chi connectivity index (χ1v) is 10.4. The SMILES string of the molecule is C=CCc1cccc(/C=N\Nc2nc(SCC(=O)c3ccc(Br)cc3)n[nH]2)c1O. The lowest BCUT2D eigenvalue weighted by molar-refractivity contribution is 0.102. The van der Waals surface area contributed by atoms with Crippen molar-refractivity contribution in [2.75, 3.05) is 11.2 Å². The smallest absolute Gasteiger partial charge is 0.240 e. The van der Waals surface area contributed by atoms with E-state index in [-0.39, 0.29) is 17.3 Å². The fourth-order valence-electron chi connectivity index (χ4n) is 2.41. The molecule has 3 aromatic rings. The second-order valence-corrected chi connectivity index (χ2v) is 7.76. The maximum absolute atomic E-state index is 12.2. The molecule has 7 nitrogen and oxygen atoms in total. The van der Waals surface area contributed by atoms with Gasteiger partial charge in [-0.3, -0.25) is 4.79 Å². The molecule has 0 saturated heterocycles. The lowest BCUT2D eigenvalue weighted by atomic mass is 10.1. The first-order chi connectivity index (χ1) is 14.1. The number of phenolic OH excluding ortho intramolecular Hbond substituents is 1. The summed E-state index contributed by atoms with van der Waals surface area (Å²) in [5.74, 6) is 0.723. The van der Waals surface area contributed by atoms with Crippen molar-refractivity contribution in [3.8, 4) is 5.75 Å². The zero-order valence-corrected chi connectivity index (χ0v) is 17.7. The molecule has 2 aromatic carbocycles. The number of Topliss-reactive ketones (excluding diaryl/α,β-unsaturated/α-hetero) is 1. The Labute approximate surface area is 180 Å². The second-order valence-electron chi connectivity index (χ2n) is 5.90. The molecule has 29 heavy (non-hydrogen) atoms. The fraction of sp³-hybridized carbons (Fsp3) is 0.100. The van der Waals surface area contributed by atoms with Crippen molar-refractivity contribution in [3.05, 3.63) is 76.3 Å². The highest BCUT2D eigenvalue weighted by Crippen LogP contribution is 2.22. The van der Waals surface area contributed by atoms with Crippen LogP contribution in [-0.2, 0) is 6.42 Å². The van der Waals surface area contributed by atoms with Gasteiger partial charge in [-0.2, -0.15) is 10.1 Å². The third-order valence-electron chi connectivity index (χ3n) is 3.85. The molecular weight excluding hydrogens is 454 g/mol. The molecule has 0 fully saturated rings. The van der Waals surface area contributed by atoms with Gasteiger partial charge >= 0.3 is 0 Å². The Balaban J connectivity index is 1.54. The van der Waals surface area contributed by atoms with Crippen LogP contribution in [0.3, 0.4) is 0 Å². The molecule has 0 aliphatic carbocycles. The van der Waals surface area contributed by atoms with E-state index in [1.807, 2.05) is 24.3 Å². The number of hydrogen-bond acceptors (Lipinski definition) is 7. The number of halogens is 1. The molecule has 0 amide bonds. The number of thioether (sulfide) groups is 1. The Kier molecular flexibility index (Phi) is 7.20. The van der Waals surface area contributed by atoms with Crippen LogP contribution >= 0.6 is 27.7 Å².